The van der Waals surface area contributed by atoms with Crippen molar-refractivity contribution in [1.82, 2.24) is 0 Å². The van der Waals surface area contributed by atoms with E-state index in [1.54, 1.807) is 38.3 Å². The van der Waals surface area contributed by atoms with E-state index in [1.165, 1.54) is 6.92 Å². The Morgan fingerprint density at radius 2 is 2.19 bits per heavy atom. The molecule has 1 aromatic rings. The van der Waals surface area contributed by atoms with E-state index < -0.39 is 11.7 Å². The molecule has 0 radical (unpaired) electrons. The number of carbonyl (C=O) groups is 1. The summed E-state index contributed by atoms with van der Waals surface area (Å²) in [5, 5.41) is 13.0. The highest BCUT2D eigenvalue weighted by atomic mass is 16.6. The minimum absolute atomic E-state index is 0.0308. The zero-order valence-electron chi connectivity index (χ0n) is 11.9. The van der Waals surface area contributed by atoms with Gasteiger partial charge in [-0.3, -0.25) is 0 Å². The van der Waals surface area contributed by atoms with E-state index in [9.17, 15) is 9.90 Å². The number of fused-ring (bicyclic) bond motifs is 1. The quantitative estimate of drug-likeness (QED) is 0.470. The van der Waals surface area contributed by atoms with Crippen molar-refractivity contribution < 1.29 is 24.1 Å². The minimum Gasteiger partial charge on any atom is -0.512 e. The Kier molecular flexibility index (Phi) is 2.83. The van der Waals surface area contributed by atoms with Crippen molar-refractivity contribution in [2.45, 2.75) is 19.6 Å². The molecule has 6 nitrogen and oxygen atoms in total. The zero-order chi connectivity index (χ0) is 15.2. The lowest BCUT2D eigenvalue weighted by Gasteiger charge is -2.31. The number of hydrogen-bond donors (Lipinski definition) is 2. The van der Waals surface area contributed by atoms with Gasteiger partial charge >= 0.3 is 5.97 Å². The fraction of sp³-hybridized carbons (Fsp3) is 0.267. The number of allylic oxidation sites excluding steroid dienone is 2. The Bertz CT molecular complexity index is 687. The fourth-order valence-electron chi connectivity index (χ4n) is 2.55. The number of ether oxygens (including phenoxy) is 3. The molecule has 1 aromatic carbocycles. The second-order valence-electron chi connectivity index (χ2n) is 4.93. The van der Waals surface area contributed by atoms with Gasteiger partial charge in [-0.05, 0) is 26.0 Å². The predicted octanol–water partition coefficient (Wildman–Crippen LogP) is 2.49. The number of anilines is 1. The number of carbonyl (C=O) groups excluding carboxylic acids is 1. The van der Waals surface area contributed by atoms with E-state index in [0.29, 0.717) is 22.9 Å². The molecule has 2 aliphatic rings. The highest BCUT2D eigenvalue weighted by Gasteiger charge is 2.49. The summed E-state index contributed by atoms with van der Waals surface area (Å²) in [6, 6.07) is 5.26. The molecule has 0 saturated heterocycles. The molecule has 0 aromatic heterocycles. The first-order valence-electron chi connectivity index (χ1n) is 6.42. The first-order chi connectivity index (χ1) is 9.95. The molecular formula is C15H15NO5. The van der Waals surface area contributed by atoms with Gasteiger partial charge < -0.3 is 24.6 Å². The van der Waals surface area contributed by atoms with Crippen LogP contribution in [-0.2, 0) is 9.53 Å². The van der Waals surface area contributed by atoms with Gasteiger partial charge in [0.1, 0.15) is 28.6 Å². The van der Waals surface area contributed by atoms with E-state index in [0.717, 1.165) is 0 Å². The number of cyclic esters (lactones) is 1. The Balaban J connectivity index is 2.11. The Labute approximate surface area is 121 Å². The van der Waals surface area contributed by atoms with E-state index in [1.807, 2.05) is 0 Å². The average Bonchev–Trinajstić information content (AvgIpc) is 2.73. The summed E-state index contributed by atoms with van der Waals surface area (Å²) in [6.45, 7) is 3.07. The van der Waals surface area contributed by atoms with Crippen LogP contribution in [-0.4, -0.2) is 23.9 Å². The topological polar surface area (TPSA) is 77.0 Å². The molecule has 6 heteroatoms. The van der Waals surface area contributed by atoms with Crippen LogP contribution in [0, 0.1) is 0 Å². The number of aliphatic hydroxyl groups excluding tert-OH is 1. The predicted molar refractivity (Wildman–Crippen MR) is 75.2 cm³/mol. The molecule has 0 bridgehead atoms. The number of aliphatic hydroxyl groups is 1. The van der Waals surface area contributed by atoms with Gasteiger partial charge in [0.15, 0.2) is 0 Å². The van der Waals surface area contributed by atoms with Gasteiger partial charge in [0.2, 0.25) is 5.72 Å². The van der Waals surface area contributed by atoms with Gasteiger partial charge in [-0.15, -0.1) is 0 Å². The fourth-order valence-corrected chi connectivity index (χ4v) is 2.55. The largest absolute Gasteiger partial charge is 0.512 e. The molecule has 1 atom stereocenters. The van der Waals surface area contributed by atoms with Gasteiger partial charge in [0.25, 0.3) is 0 Å². The molecule has 1 unspecified atom stereocenters. The van der Waals surface area contributed by atoms with Crippen molar-refractivity contribution in [1.29, 1.82) is 0 Å². The number of esters is 1. The van der Waals surface area contributed by atoms with Crippen LogP contribution in [0.5, 0.6) is 11.5 Å². The smallest absolute Gasteiger partial charge is 0.349 e. The molecule has 2 heterocycles. The average molecular weight is 289 g/mol. The molecule has 0 amide bonds. The molecule has 1 spiro atoms. The second kappa shape index (κ2) is 4.44. The Morgan fingerprint density at radius 1 is 1.43 bits per heavy atom. The van der Waals surface area contributed by atoms with Crippen LogP contribution in [0.1, 0.15) is 13.8 Å². The maximum absolute atomic E-state index is 12.1. The Morgan fingerprint density at radius 3 is 2.86 bits per heavy atom. The van der Waals surface area contributed by atoms with E-state index in [-0.39, 0.29) is 11.3 Å². The van der Waals surface area contributed by atoms with Gasteiger partial charge in [0, 0.05) is 12.1 Å². The van der Waals surface area contributed by atoms with Gasteiger partial charge in [0.05, 0.1) is 12.8 Å². The van der Waals surface area contributed by atoms with E-state index in [2.05, 4.69) is 5.32 Å². The first-order valence-corrected chi connectivity index (χ1v) is 6.42. The van der Waals surface area contributed by atoms with Gasteiger partial charge in [-0.25, -0.2) is 4.79 Å². The van der Waals surface area contributed by atoms with Crippen molar-refractivity contribution in [3.63, 3.8) is 0 Å². The van der Waals surface area contributed by atoms with E-state index in [4.69, 9.17) is 14.2 Å². The van der Waals surface area contributed by atoms with E-state index >= 15 is 0 Å². The lowest BCUT2D eigenvalue weighted by Crippen LogP contribution is -2.47. The summed E-state index contributed by atoms with van der Waals surface area (Å²) in [6.07, 6.45) is 1.62. The monoisotopic (exact) mass is 289 g/mol. The molecule has 2 aliphatic heterocycles. The molecule has 0 saturated carbocycles. The highest BCUT2D eigenvalue weighted by Crippen LogP contribution is 2.45. The third kappa shape index (κ3) is 1.99. The summed E-state index contributed by atoms with van der Waals surface area (Å²) >= 11 is 0. The molecule has 3 rings (SSSR count). The molecule has 0 fully saturated rings. The SMILES string of the molecule is COc1ccc2c(c1)NC1(C=C(C)OC(=O)/C1=C(\C)O)O2. The zero-order valence-corrected chi connectivity index (χ0v) is 11.9. The number of hydrogen-bond acceptors (Lipinski definition) is 6. The summed E-state index contributed by atoms with van der Waals surface area (Å²) in [7, 11) is 1.57. The first kappa shape index (κ1) is 13.4. The lowest BCUT2D eigenvalue weighted by atomic mass is 9.98. The second-order valence-corrected chi connectivity index (χ2v) is 4.93. The van der Waals surface area contributed by atoms with Crippen molar-refractivity contribution >= 4 is 11.7 Å². The van der Waals surface area contributed by atoms with Crippen molar-refractivity contribution in [2.75, 3.05) is 12.4 Å². The standard InChI is InChI=1S/C15H15NO5/c1-8-7-15(13(9(2)17)14(18)20-8)16-11-6-10(19-3)4-5-12(11)21-15/h4-7,16-17H,1-3H3/b13-9-. The third-order valence-corrected chi connectivity index (χ3v) is 3.38. The van der Waals surface area contributed by atoms with Gasteiger partial charge in [-0.2, -0.15) is 0 Å². The number of nitrogens with one attached hydrogen (secondary N) is 1. The van der Waals surface area contributed by atoms with Crippen molar-refractivity contribution in [3.05, 3.63) is 41.4 Å². The normalized spacial score (nSPS) is 25.5. The van der Waals surface area contributed by atoms with Gasteiger partial charge in [-0.1, -0.05) is 0 Å². The molecular weight excluding hydrogens is 274 g/mol. The minimum atomic E-state index is -1.26. The molecule has 0 aliphatic carbocycles. The van der Waals surface area contributed by atoms with Crippen LogP contribution < -0.4 is 14.8 Å². The molecule has 2 N–H and O–H groups in total. The van der Waals surface area contributed by atoms with Crippen LogP contribution in [0.4, 0.5) is 5.69 Å². The van der Waals surface area contributed by atoms with Crippen molar-refractivity contribution in [2.24, 2.45) is 0 Å². The summed E-state index contributed by atoms with van der Waals surface area (Å²) in [5.41, 5.74) is -0.553. The highest BCUT2D eigenvalue weighted by molar-refractivity contribution is 5.95. The third-order valence-electron chi connectivity index (χ3n) is 3.38. The lowest BCUT2D eigenvalue weighted by molar-refractivity contribution is -0.138. The Hall–Kier alpha value is -2.63. The van der Waals surface area contributed by atoms with Crippen LogP contribution in [0.2, 0.25) is 0 Å². The summed E-state index contributed by atoms with van der Waals surface area (Å²) < 4.78 is 16.1. The molecule has 21 heavy (non-hydrogen) atoms. The number of rotatable bonds is 1. The van der Waals surface area contributed by atoms with Crippen LogP contribution in [0.25, 0.3) is 0 Å². The maximum atomic E-state index is 12.1. The number of benzene rings is 1. The van der Waals surface area contributed by atoms with Crippen LogP contribution in [0.15, 0.2) is 41.4 Å². The van der Waals surface area contributed by atoms with Crippen LogP contribution in [0.3, 0.4) is 0 Å². The van der Waals surface area contributed by atoms with Crippen LogP contribution >= 0.6 is 0 Å². The molecule has 110 valence electrons. The van der Waals surface area contributed by atoms with Crippen molar-refractivity contribution in [3.8, 4) is 11.5 Å². The summed E-state index contributed by atoms with van der Waals surface area (Å²) in [4.78, 5) is 12.1. The number of methoxy groups -OCH3 is 1. The maximum Gasteiger partial charge on any atom is 0.349 e. The summed E-state index contributed by atoms with van der Waals surface area (Å²) in [5.74, 6) is 0.830.